The molecule has 376 valence electrons. The van der Waals surface area contributed by atoms with Gasteiger partial charge in [-0.05, 0) is 102 Å². The summed E-state index contributed by atoms with van der Waals surface area (Å²) >= 11 is 6.24. The van der Waals surface area contributed by atoms with Crippen LogP contribution < -0.4 is 14.4 Å². The van der Waals surface area contributed by atoms with Crippen molar-refractivity contribution in [1.29, 1.82) is 0 Å². The van der Waals surface area contributed by atoms with Crippen LogP contribution in [0.5, 0.6) is 11.5 Å². The maximum Gasteiger partial charge on any atom is 0.501 e. The maximum absolute atomic E-state index is 14.2. The number of pyridine rings is 1. The third-order valence-electron chi connectivity index (χ3n) is 13.6. The van der Waals surface area contributed by atoms with Crippen LogP contribution in [0.25, 0.3) is 16.6 Å². The molecule has 5 aromatic rings. The highest BCUT2D eigenvalue weighted by Crippen LogP contribution is 2.44. The number of alkyl halides is 3. The van der Waals surface area contributed by atoms with Crippen molar-refractivity contribution in [3.05, 3.63) is 112 Å². The Balaban J connectivity index is 1.02. The van der Waals surface area contributed by atoms with Gasteiger partial charge < -0.3 is 19.5 Å². The Labute approximate surface area is 414 Å². The Morgan fingerprint density at radius 2 is 1.69 bits per heavy atom. The summed E-state index contributed by atoms with van der Waals surface area (Å²) in [6.45, 7) is 11.9. The number of hydrogen-bond acceptors (Lipinski definition) is 11. The van der Waals surface area contributed by atoms with Gasteiger partial charge in [-0.3, -0.25) is 14.1 Å². The van der Waals surface area contributed by atoms with Crippen molar-refractivity contribution >= 4 is 74.9 Å². The number of allylic oxidation sites excluding steroid dienone is 1. The van der Waals surface area contributed by atoms with Gasteiger partial charge in [0.25, 0.3) is 25.8 Å². The molecule has 2 aliphatic heterocycles. The second-order valence-electron chi connectivity index (χ2n) is 19.4. The lowest BCUT2D eigenvalue weighted by molar-refractivity contribution is -0.0436. The van der Waals surface area contributed by atoms with Gasteiger partial charge in [0.1, 0.15) is 17.1 Å². The normalized spacial score (nSPS) is 18.7. The summed E-state index contributed by atoms with van der Waals surface area (Å²) in [4.78, 5) is 26.2. The lowest BCUT2D eigenvalue weighted by Crippen LogP contribution is -2.47. The number of aromatic nitrogens is 2. The molecule has 2 aromatic heterocycles. The number of anilines is 1. The number of sulfone groups is 1. The maximum atomic E-state index is 14.2. The predicted octanol–water partition coefficient (Wildman–Crippen LogP) is 9.10. The van der Waals surface area contributed by atoms with Crippen molar-refractivity contribution in [3.8, 4) is 11.5 Å². The van der Waals surface area contributed by atoms with E-state index in [0.717, 1.165) is 67.9 Å². The van der Waals surface area contributed by atoms with Crippen molar-refractivity contribution < 1.29 is 39.5 Å². The second kappa shape index (κ2) is 20.3. The molecule has 8 rings (SSSR count). The van der Waals surface area contributed by atoms with Crippen LogP contribution in [-0.2, 0) is 35.7 Å². The fraction of sp³-hybridized carbons (Fsp3) is 0.420. The van der Waals surface area contributed by atoms with E-state index in [2.05, 4.69) is 60.9 Å². The number of nitrogens with zero attached hydrogens (tertiary/aromatic N) is 5. The minimum Gasteiger partial charge on any atom is -0.455 e. The fourth-order valence-corrected chi connectivity index (χ4v) is 13.5. The van der Waals surface area contributed by atoms with E-state index in [1.807, 2.05) is 16.9 Å². The molecule has 2 saturated heterocycles. The summed E-state index contributed by atoms with van der Waals surface area (Å²) in [5, 5.41) is 1.42. The van der Waals surface area contributed by atoms with Crippen molar-refractivity contribution in [3.63, 3.8) is 0 Å². The van der Waals surface area contributed by atoms with E-state index in [-0.39, 0.29) is 40.4 Å². The number of nitrogens with one attached hydrogen (secondary N) is 2. The fourth-order valence-electron chi connectivity index (χ4n) is 9.52. The number of ether oxygens (including phenoxy) is 1. The molecule has 0 bridgehead atoms. The summed E-state index contributed by atoms with van der Waals surface area (Å²) in [5.74, 6) is 4.63. The first-order chi connectivity index (χ1) is 33.0. The molecule has 13 nitrogen and oxygen atoms in total. The Bertz CT molecular complexity index is 3150. The molecule has 0 unspecified atom stereocenters. The number of amides is 1. The predicted molar refractivity (Wildman–Crippen MR) is 273 cm³/mol. The van der Waals surface area contributed by atoms with Crippen LogP contribution in [0.2, 0.25) is 5.02 Å². The Morgan fingerprint density at radius 3 is 2.37 bits per heavy atom. The van der Waals surface area contributed by atoms with E-state index in [0.29, 0.717) is 55.1 Å². The summed E-state index contributed by atoms with van der Waals surface area (Å²) in [7, 11) is -10.5. The molecule has 0 spiro atoms. The second-order valence-corrected chi connectivity index (χ2v) is 26.6. The summed E-state index contributed by atoms with van der Waals surface area (Å²) < 4.78 is 109. The molecule has 2 N–H and O–H groups in total. The van der Waals surface area contributed by atoms with Gasteiger partial charge in [0.05, 0.1) is 21.6 Å². The third-order valence-corrected chi connectivity index (χ3v) is 19.4. The molecule has 20 heteroatoms. The molecule has 4 heterocycles. The standard InChI is InChI=1S/C50H59ClF3N7O6S3/c1-34(32-60-22-24-68(5,55-4)25-23-60)26-36-8-12-42(29-46(36)69(63,64)50(52,53)54)70(65,66)58-48(62)43-13-11-40(28-45(43)67-41-27-37-15-17-56-47(37)57-31-41)61-20-18-59(19-21-61)33-38-14-16-49(2,3)30-44(38)35-6-9-39(51)10-7-35/h6-13,15,17,27-29,31,34H,5,14,16,18-26,30,32-33H2,1-4H3,(H,56,57)(H,58,62)/t34-/m1/s1. The Hall–Kier alpha value is -4.92. The number of rotatable bonds is 14. The highest BCUT2D eigenvalue weighted by Gasteiger charge is 2.48. The van der Waals surface area contributed by atoms with Crippen molar-refractivity contribution in [2.24, 2.45) is 15.7 Å². The zero-order valence-corrected chi connectivity index (χ0v) is 42.9. The molecule has 2 fully saturated rings. The average molecular weight is 1040 g/mol. The van der Waals surface area contributed by atoms with Crippen LogP contribution >= 0.6 is 11.6 Å². The van der Waals surface area contributed by atoms with Gasteiger partial charge in [-0.1, -0.05) is 62.0 Å². The molecule has 0 saturated carbocycles. The number of H-pyrrole nitrogens is 1. The van der Waals surface area contributed by atoms with Crippen LogP contribution in [0.4, 0.5) is 18.9 Å². The topological polar surface area (TPSA) is 157 Å². The van der Waals surface area contributed by atoms with Crippen LogP contribution in [-0.4, -0.2) is 125 Å². The highest BCUT2D eigenvalue weighted by atomic mass is 35.5. The molecule has 0 radical (unpaired) electrons. The largest absolute Gasteiger partial charge is 0.501 e. The van der Waals surface area contributed by atoms with Gasteiger partial charge in [-0.2, -0.15) is 13.2 Å². The molecule has 1 aliphatic carbocycles. The lowest BCUT2D eigenvalue weighted by atomic mass is 9.72. The molecular weight excluding hydrogens is 983 g/mol. The number of carbonyl (C=O) groups is 1. The highest BCUT2D eigenvalue weighted by molar-refractivity contribution is 8.02. The van der Waals surface area contributed by atoms with E-state index in [4.69, 9.17) is 16.3 Å². The zero-order chi connectivity index (χ0) is 50.2. The summed E-state index contributed by atoms with van der Waals surface area (Å²) in [6.07, 6.45) is 6.15. The Morgan fingerprint density at radius 1 is 0.971 bits per heavy atom. The Kier molecular flexibility index (Phi) is 14.9. The van der Waals surface area contributed by atoms with Crippen LogP contribution in [0.15, 0.2) is 105 Å². The van der Waals surface area contributed by atoms with Crippen molar-refractivity contribution in [2.75, 3.05) is 75.8 Å². The minimum absolute atomic E-state index is 0.00309. The first kappa shape index (κ1) is 51.4. The number of benzene rings is 3. The zero-order valence-electron chi connectivity index (χ0n) is 39.7. The summed E-state index contributed by atoms with van der Waals surface area (Å²) in [6, 6.07) is 18.9. The number of fused-ring (bicyclic) bond motifs is 1. The van der Waals surface area contributed by atoms with Gasteiger partial charge in [-0.15, -0.1) is 9.41 Å². The number of halogens is 4. The van der Waals surface area contributed by atoms with Gasteiger partial charge in [0.15, 0.2) is 0 Å². The lowest BCUT2D eigenvalue weighted by Gasteiger charge is -2.39. The first-order valence-electron chi connectivity index (χ1n) is 23.2. The van der Waals surface area contributed by atoms with Gasteiger partial charge in [0, 0.05) is 99.3 Å². The van der Waals surface area contributed by atoms with E-state index in [1.54, 1.807) is 44.4 Å². The van der Waals surface area contributed by atoms with Gasteiger partial charge in [-0.25, -0.2) is 26.5 Å². The smallest absolute Gasteiger partial charge is 0.455 e. The number of carbonyl (C=O) groups excluding carboxylic acids is 1. The number of sulfonamides is 1. The van der Waals surface area contributed by atoms with Crippen LogP contribution in [0.3, 0.4) is 0 Å². The van der Waals surface area contributed by atoms with Gasteiger partial charge >= 0.3 is 5.51 Å². The first-order valence-corrected chi connectivity index (χ1v) is 28.6. The molecule has 1 atom stereocenters. The summed E-state index contributed by atoms with van der Waals surface area (Å²) in [5.41, 5.74) is -0.630. The van der Waals surface area contributed by atoms with Crippen molar-refractivity contribution in [1.82, 2.24) is 24.5 Å². The van der Waals surface area contributed by atoms with E-state index in [9.17, 15) is 34.8 Å². The van der Waals surface area contributed by atoms with E-state index in [1.165, 1.54) is 29.0 Å². The monoisotopic (exact) mass is 1040 g/mol. The number of hydrogen-bond donors (Lipinski definition) is 2. The van der Waals surface area contributed by atoms with Crippen molar-refractivity contribution in [2.45, 2.75) is 61.8 Å². The van der Waals surface area contributed by atoms with Crippen LogP contribution in [0.1, 0.15) is 61.5 Å². The molecule has 3 aliphatic rings. The van der Waals surface area contributed by atoms with E-state index >= 15 is 0 Å². The van der Waals surface area contributed by atoms with Crippen LogP contribution in [0, 0.1) is 11.3 Å². The minimum atomic E-state index is -6.02. The number of piperazine rings is 1. The third kappa shape index (κ3) is 11.7. The number of aromatic amines is 1. The quantitative estimate of drug-likeness (QED) is 0.103. The molecule has 70 heavy (non-hydrogen) atoms. The molecular formula is C50H59ClF3N7O6S3. The molecule has 1 amide bonds. The van der Waals surface area contributed by atoms with E-state index < -0.39 is 50.5 Å². The SMILES string of the molecule is C=S1(=NC)CCN(C[C@H](C)Cc2ccc(S(=O)(=O)NC(=O)c3ccc(N4CCN(CC5=C(c6ccc(Cl)cc6)CC(C)(C)CC5)CC4)cc3Oc3cnc4[nH]ccc4c3)cc2S(=O)(=O)C(F)(F)F)CC1. The van der Waals surface area contributed by atoms with Gasteiger partial charge in [0.2, 0.25) is 0 Å². The molecule has 3 aromatic carbocycles. The average Bonchev–Trinajstić information content (AvgIpc) is 3.78.